The van der Waals surface area contributed by atoms with E-state index in [0.717, 1.165) is 25.7 Å². The lowest BCUT2D eigenvalue weighted by atomic mass is 9.73. The summed E-state index contributed by atoms with van der Waals surface area (Å²) in [7, 11) is 0. The summed E-state index contributed by atoms with van der Waals surface area (Å²) in [5.41, 5.74) is -0.0218. The van der Waals surface area contributed by atoms with E-state index in [4.69, 9.17) is 4.74 Å². The number of ether oxygens (including phenoxy) is 1. The van der Waals surface area contributed by atoms with E-state index in [0.29, 0.717) is 6.61 Å². The molecule has 88 valence electrons. The second kappa shape index (κ2) is 3.45. The van der Waals surface area contributed by atoms with Gasteiger partial charge in [-0.1, -0.05) is 0 Å². The summed E-state index contributed by atoms with van der Waals surface area (Å²) < 4.78 is 5.79. The Bertz CT molecular complexity index is 322. The fourth-order valence-electron chi connectivity index (χ4n) is 2.95. The van der Waals surface area contributed by atoms with Crippen LogP contribution in [-0.4, -0.2) is 41.6 Å². The zero-order valence-corrected chi connectivity index (χ0v) is 9.20. The van der Waals surface area contributed by atoms with E-state index in [1.54, 1.807) is 0 Å². The number of imide groups is 1. The molecule has 0 bridgehead atoms. The van der Waals surface area contributed by atoms with Crippen LogP contribution in [0.15, 0.2) is 0 Å². The molecule has 2 heterocycles. The first kappa shape index (κ1) is 10.1. The number of hydrogen-bond acceptors (Lipinski definition) is 3. The zero-order chi connectivity index (χ0) is 11.2. The number of carbonyl (C=O) groups is 2. The Balaban J connectivity index is 1.74. The first-order chi connectivity index (χ1) is 7.70. The van der Waals surface area contributed by atoms with Crippen LogP contribution in [0.1, 0.15) is 32.1 Å². The van der Waals surface area contributed by atoms with Gasteiger partial charge >= 0.3 is 6.03 Å². The quantitative estimate of drug-likeness (QED) is 0.665. The van der Waals surface area contributed by atoms with Gasteiger partial charge in [-0.3, -0.25) is 9.69 Å². The van der Waals surface area contributed by atoms with E-state index in [9.17, 15) is 9.59 Å². The van der Waals surface area contributed by atoms with Gasteiger partial charge in [0.15, 0.2) is 0 Å². The second-order valence-corrected chi connectivity index (χ2v) is 4.95. The minimum Gasteiger partial charge on any atom is -0.375 e. The number of amides is 3. The molecule has 1 spiro atoms. The van der Waals surface area contributed by atoms with Gasteiger partial charge < -0.3 is 10.1 Å². The Kier molecular flexibility index (Phi) is 2.17. The van der Waals surface area contributed by atoms with Crippen molar-refractivity contribution in [1.82, 2.24) is 10.2 Å². The van der Waals surface area contributed by atoms with Gasteiger partial charge in [-0.2, -0.15) is 0 Å². The van der Waals surface area contributed by atoms with Crippen LogP contribution in [0.3, 0.4) is 0 Å². The summed E-state index contributed by atoms with van der Waals surface area (Å²) in [5.74, 6) is -0.0913. The summed E-state index contributed by atoms with van der Waals surface area (Å²) in [6.45, 7) is 0.824. The van der Waals surface area contributed by atoms with Crippen LogP contribution < -0.4 is 5.32 Å². The summed E-state index contributed by atoms with van der Waals surface area (Å²) in [6.07, 6.45) is 4.96. The number of rotatable bonds is 1. The third kappa shape index (κ3) is 1.42. The smallest absolute Gasteiger partial charge is 0.324 e. The molecule has 3 amide bonds. The van der Waals surface area contributed by atoms with Crippen molar-refractivity contribution in [3.63, 3.8) is 0 Å². The molecule has 16 heavy (non-hydrogen) atoms. The van der Waals surface area contributed by atoms with Gasteiger partial charge in [0, 0.05) is 12.6 Å². The monoisotopic (exact) mass is 224 g/mol. The largest absolute Gasteiger partial charge is 0.375 e. The number of nitrogens with one attached hydrogen (secondary N) is 1. The minimum absolute atomic E-state index is 0.0218. The summed E-state index contributed by atoms with van der Waals surface area (Å²) >= 11 is 0. The van der Waals surface area contributed by atoms with Gasteiger partial charge in [0.2, 0.25) is 5.91 Å². The molecule has 3 rings (SSSR count). The predicted octanol–water partition coefficient (Wildman–Crippen LogP) is 0.640. The van der Waals surface area contributed by atoms with Crippen LogP contribution >= 0.6 is 0 Å². The standard InChI is InChI=1S/C11H16N2O3/c14-9-7-12-10(15)13(9)8-2-5-16-11(6-8)3-1-4-11/h8H,1-7H2,(H,12,15). The zero-order valence-electron chi connectivity index (χ0n) is 9.20. The molecule has 1 unspecified atom stereocenters. The van der Waals surface area contributed by atoms with E-state index in [1.165, 1.54) is 11.3 Å². The molecule has 0 aromatic carbocycles. The van der Waals surface area contributed by atoms with Crippen molar-refractivity contribution < 1.29 is 14.3 Å². The maximum Gasteiger partial charge on any atom is 0.324 e. The lowest BCUT2D eigenvalue weighted by Gasteiger charge is -2.48. The van der Waals surface area contributed by atoms with Gasteiger partial charge in [0.25, 0.3) is 0 Å². The van der Waals surface area contributed by atoms with Crippen molar-refractivity contribution in [2.24, 2.45) is 0 Å². The van der Waals surface area contributed by atoms with Crippen molar-refractivity contribution in [2.45, 2.75) is 43.7 Å². The van der Waals surface area contributed by atoms with Gasteiger partial charge in [0.1, 0.15) is 0 Å². The molecule has 0 aromatic heterocycles. The highest BCUT2D eigenvalue weighted by atomic mass is 16.5. The Morgan fingerprint density at radius 3 is 2.75 bits per heavy atom. The average Bonchev–Trinajstić information content (AvgIpc) is 2.57. The molecule has 1 N–H and O–H groups in total. The van der Waals surface area contributed by atoms with Crippen molar-refractivity contribution in [2.75, 3.05) is 13.2 Å². The van der Waals surface area contributed by atoms with E-state index >= 15 is 0 Å². The molecule has 1 atom stereocenters. The highest BCUT2D eigenvalue weighted by Gasteiger charge is 2.47. The summed E-state index contributed by atoms with van der Waals surface area (Å²) in [5, 5.41) is 2.58. The molecule has 0 aromatic rings. The molecule has 5 heteroatoms. The van der Waals surface area contributed by atoms with E-state index < -0.39 is 0 Å². The third-order valence-electron chi connectivity index (χ3n) is 3.98. The highest BCUT2D eigenvalue weighted by molar-refractivity contribution is 6.02. The fraction of sp³-hybridized carbons (Fsp3) is 0.818. The molecular formula is C11H16N2O3. The van der Waals surface area contributed by atoms with Gasteiger partial charge in [-0.05, 0) is 32.1 Å². The number of urea groups is 1. The van der Waals surface area contributed by atoms with Crippen LogP contribution in [0.25, 0.3) is 0 Å². The molecule has 1 aliphatic carbocycles. The van der Waals surface area contributed by atoms with Crippen LogP contribution in [0, 0.1) is 0 Å². The topological polar surface area (TPSA) is 58.6 Å². The molecule has 0 radical (unpaired) electrons. The average molecular weight is 224 g/mol. The van der Waals surface area contributed by atoms with Gasteiger partial charge in [-0.25, -0.2) is 4.79 Å². The van der Waals surface area contributed by atoms with Crippen LogP contribution in [0.2, 0.25) is 0 Å². The van der Waals surface area contributed by atoms with Crippen LogP contribution in [0.4, 0.5) is 4.79 Å². The summed E-state index contributed by atoms with van der Waals surface area (Å²) in [4.78, 5) is 24.6. The number of nitrogens with zero attached hydrogens (tertiary/aromatic N) is 1. The third-order valence-corrected chi connectivity index (χ3v) is 3.98. The number of hydrogen-bond donors (Lipinski definition) is 1. The van der Waals surface area contributed by atoms with Gasteiger partial charge in [-0.15, -0.1) is 0 Å². The van der Waals surface area contributed by atoms with Gasteiger partial charge in [0.05, 0.1) is 12.1 Å². The minimum atomic E-state index is -0.230. The molecule has 2 aliphatic heterocycles. The predicted molar refractivity (Wildman–Crippen MR) is 55.8 cm³/mol. The van der Waals surface area contributed by atoms with Crippen molar-refractivity contribution >= 4 is 11.9 Å². The second-order valence-electron chi connectivity index (χ2n) is 4.95. The summed E-state index contributed by atoms with van der Waals surface area (Å²) in [6, 6.07) is -0.185. The SMILES string of the molecule is O=C1CNC(=O)N1C1CCOC2(CCC2)C1. The number of carbonyl (C=O) groups excluding carboxylic acids is 2. The van der Waals surface area contributed by atoms with Crippen molar-refractivity contribution in [1.29, 1.82) is 0 Å². The first-order valence-corrected chi connectivity index (χ1v) is 5.94. The normalized spacial score (nSPS) is 32.8. The molecule has 3 fully saturated rings. The first-order valence-electron chi connectivity index (χ1n) is 5.94. The van der Waals surface area contributed by atoms with Crippen LogP contribution in [-0.2, 0) is 9.53 Å². The Hall–Kier alpha value is -1.10. The Labute approximate surface area is 94.1 Å². The lowest BCUT2D eigenvalue weighted by molar-refractivity contribution is -0.151. The van der Waals surface area contributed by atoms with Crippen LogP contribution in [0.5, 0.6) is 0 Å². The van der Waals surface area contributed by atoms with Crippen molar-refractivity contribution in [3.8, 4) is 0 Å². The Morgan fingerprint density at radius 2 is 2.19 bits per heavy atom. The Morgan fingerprint density at radius 1 is 1.38 bits per heavy atom. The van der Waals surface area contributed by atoms with E-state index in [2.05, 4.69) is 5.32 Å². The molecule has 2 saturated heterocycles. The van der Waals surface area contributed by atoms with E-state index in [-0.39, 0.29) is 30.1 Å². The molecule has 1 saturated carbocycles. The lowest BCUT2D eigenvalue weighted by Crippen LogP contribution is -2.53. The molecule has 3 aliphatic rings. The highest BCUT2D eigenvalue weighted by Crippen LogP contribution is 2.43. The molecule has 5 nitrogen and oxygen atoms in total. The maximum absolute atomic E-state index is 11.6. The van der Waals surface area contributed by atoms with Crippen molar-refractivity contribution in [3.05, 3.63) is 0 Å². The fourth-order valence-corrected chi connectivity index (χ4v) is 2.95. The molecular weight excluding hydrogens is 208 g/mol. The maximum atomic E-state index is 11.6. The van der Waals surface area contributed by atoms with E-state index in [1.807, 2.05) is 0 Å².